The Kier molecular flexibility index (Phi) is 4.34. The minimum Gasteiger partial charge on any atom is -0.412 e. The first kappa shape index (κ1) is 12.5. The van der Waals surface area contributed by atoms with Crippen LogP contribution in [-0.4, -0.2) is 16.2 Å². The molecule has 16 heavy (non-hydrogen) atoms. The fourth-order valence-corrected chi connectivity index (χ4v) is 2.07. The van der Waals surface area contributed by atoms with Crippen molar-refractivity contribution in [1.29, 1.82) is 0 Å². The third kappa shape index (κ3) is 2.98. The van der Waals surface area contributed by atoms with Crippen LogP contribution in [0.4, 0.5) is 0 Å². The maximum absolute atomic E-state index is 11.8. The van der Waals surface area contributed by atoms with Gasteiger partial charge in [-0.05, 0) is 12.5 Å². The van der Waals surface area contributed by atoms with E-state index in [9.17, 15) is 4.79 Å². The summed E-state index contributed by atoms with van der Waals surface area (Å²) in [5.74, 6) is 0.0966. The number of hydrogen-bond donors (Lipinski definition) is 0. The number of benzene rings is 1. The van der Waals surface area contributed by atoms with Gasteiger partial charge >= 0.3 is 0 Å². The molecular formula is C12H13NO2S. The predicted octanol–water partition coefficient (Wildman–Crippen LogP) is 2.05. The summed E-state index contributed by atoms with van der Waals surface area (Å²) < 4.78 is 0. The van der Waals surface area contributed by atoms with E-state index < -0.39 is 0 Å². The fourth-order valence-electron chi connectivity index (χ4n) is 1.34. The van der Waals surface area contributed by atoms with Gasteiger partial charge in [-0.15, -0.1) is 11.3 Å². The van der Waals surface area contributed by atoms with Crippen LogP contribution in [0.1, 0.15) is 21.1 Å². The Morgan fingerprint density at radius 1 is 1.31 bits per heavy atom. The molecule has 0 spiro atoms. The number of carbonyl (C=O) groups excluding carboxylic acids is 1. The summed E-state index contributed by atoms with van der Waals surface area (Å²) in [7, 11) is 0. The van der Waals surface area contributed by atoms with Gasteiger partial charge in [0.2, 0.25) is 0 Å². The minimum absolute atomic E-state index is 0. The van der Waals surface area contributed by atoms with Gasteiger partial charge in [0.1, 0.15) is 0 Å². The first-order valence-corrected chi connectivity index (χ1v) is 5.63. The van der Waals surface area contributed by atoms with Crippen molar-refractivity contribution in [3.63, 3.8) is 0 Å². The summed E-state index contributed by atoms with van der Waals surface area (Å²) in [5.41, 5.74) is 1.95. The van der Waals surface area contributed by atoms with Crippen LogP contribution in [0, 0.1) is 6.92 Å². The molecule has 4 heteroatoms. The average molecular weight is 235 g/mol. The topological polar surface area (TPSA) is 61.5 Å². The van der Waals surface area contributed by atoms with Gasteiger partial charge in [0.05, 0.1) is 0 Å². The lowest BCUT2D eigenvalue weighted by Crippen LogP contribution is -2.02. The normalized spacial score (nSPS) is 9.56. The molecule has 0 unspecified atom stereocenters. The predicted molar refractivity (Wildman–Crippen MR) is 64.9 cm³/mol. The van der Waals surface area contributed by atoms with Crippen molar-refractivity contribution in [2.45, 2.75) is 13.3 Å². The number of ketones is 1. The van der Waals surface area contributed by atoms with Crippen molar-refractivity contribution in [3.05, 3.63) is 52.0 Å². The van der Waals surface area contributed by atoms with Gasteiger partial charge in [0.15, 0.2) is 10.8 Å². The molecule has 0 saturated heterocycles. The van der Waals surface area contributed by atoms with Crippen LogP contribution >= 0.6 is 11.3 Å². The van der Waals surface area contributed by atoms with Crippen molar-refractivity contribution < 1.29 is 10.3 Å². The Morgan fingerprint density at radius 3 is 2.56 bits per heavy atom. The Morgan fingerprint density at radius 2 is 2.00 bits per heavy atom. The zero-order chi connectivity index (χ0) is 10.7. The highest BCUT2D eigenvalue weighted by Crippen LogP contribution is 2.12. The quantitative estimate of drug-likeness (QED) is 0.764. The van der Waals surface area contributed by atoms with Crippen molar-refractivity contribution in [2.24, 2.45) is 0 Å². The molecule has 0 aliphatic carbocycles. The van der Waals surface area contributed by atoms with Crippen LogP contribution in [-0.2, 0) is 6.42 Å². The second-order valence-corrected chi connectivity index (χ2v) is 4.24. The highest BCUT2D eigenvalue weighted by molar-refractivity contribution is 7.11. The van der Waals surface area contributed by atoms with Crippen LogP contribution in [0.25, 0.3) is 0 Å². The fraction of sp³-hybridized carbons (Fsp3) is 0.167. The smallest absolute Gasteiger partial charge is 0.195 e. The summed E-state index contributed by atoms with van der Waals surface area (Å²) in [6.07, 6.45) is 0.438. The molecule has 84 valence electrons. The molecule has 0 radical (unpaired) electrons. The van der Waals surface area contributed by atoms with Gasteiger partial charge in [-0.25, -0.2) is 4.98 Å². The molecule has 1 heterocycles. The SMILES string of the molecule is Cc1csc(C(=O)Cc2ccccc2)n1.O. The van der Waals surface area contributed by atoms with Gasteiger partial charge in [0.25, 0.3) is 0 Å². The summed E-state index contributed by atoms with van der Waals surface area (Å²) in [6.45, 7) is 1.90. The zero-order valence-corrected chi connectivity index (χ0v) is 9.75. The van der Waals surface area contributed by atoms with E-state index >= 15 is 0 Å². The molecule has 0 atom stereocenters. The van der Waals surface area contributed by atoms with Crippen LogP contribution in [0.3, 0.4) is 0 Å². The van der Waals surface area contributed by atoms with E-state index in [1.165, 1.54) is 11.3 Å². The molecule has 0 amide bonds. The molecule has 3 nitrogen and oxygen atoms in total. The van der Waals surface area contributed by atoms with E-state index in [2.05, 4.69) is 4.98 Å². The van der Waals surface area contributed by atoms with E-state index in [0.717, 1.165) is 11.3 Å². The number of Topliss-reactive ketones (excluding diaryl/α,β-unsaturated/α-hetero) is 1. The molecule has 1 aromatic carbocycles. The Bertz CT molecular complexity index is 465. The molecule has 0 fully saturated rings. The third-order valence-electron chi connectivity index (χ3n) is 2.07. The van der Waals surface area contributed by atoms with Crippen LogP contribution in [0.15, 0.2) is 35.7 Å². The highest BCUT2D eigenvalue weighted by Gasteiger charge is 2.10. The maximum Gasteiger partial charge on any atom is 0.195 e. The average Bonchev–Trinajstić information content (AvgIpc) is 2.66. The lowest BCUT2D eigenvalue weighted by molar-refractivity contribution is 0.0992. The Hall–Kier alpha value is -1.52. The minimum atomic E-state index is 0. The van der Waals surface area contributed by atoms with Gasteiger partial charge in [0, 0.05) is 17.5 Å². The highest BCUT2D eigenvalue weighted by atomic mass is 32.1. The van der Waals surface area contributed by atoms with E-state index in [4.69, 9.17) is 0 Å². The van der Waals surface area contributed by atoms with Crippen LogP contribution in [0.2, 0.25) is 0 Å². The molecule has 0 aliphatic heterocycles. The van der Waals surface area contributed by atoms with E-state index in [-0.39, 0.29) is 11.3 Å². The van der Waals surface area contributed by atoms with Gasteiger partial charge in [-0.2, -0.15) is 0 Å². The van der Waals surface area contributed by atoms with E-state index in [0.29, 0.717) is 11.4 Å². The van der Waals surface area contributed by atoms with Gasteiger partial charge < -0.3 is 5.48 Å². The third-order valence-corrected chi connectivity index (χ3v) is 3.07. The molecule has 2 aromatic rings. The largest absolute Gasteiger partial charge is 0.412 e. The number of rotatable bonds is 3. The molecule has 2 N–H and O–H groups in total. The summed E-state index contributed by atoms with van der Waals surface area (Å²) in [5, 5.41) is 2.51. The van der Waals surface area contributed by atoms with E-state index in [1.807, 2.05) is 42.6 Å². The number of carbonyl (C=O) groups is 1. The second-order valence-electron chi connectivity index (χ2n) is 3.38. The Balaban J connectivity index is 0.00000128. The number of nitrogens with zero attached hydrogens (tertiary/aromatic N) is 1. The van der Waals surface area contributed by atoms with Gasteiger partial charge in [-0.3, -0.25) is 4.79 Å². The van der Waals surface area contributed by atoms with E-state index in [1.54, 1.807) is 0 Å². The molecular weight excluding hydrogens is 222 g/mol. The first-order valence-electron chi connectivity index (χ1n) is 4.75. The Labute approximate surface area is 98.1 Å². The molecule has 1 aromatic heterocycles. The van der Waals surface area contributed by atoms with Crippen molar-refractivity contribution in [3.8, 4) is 0 Å². The number of thiazole rings is 1. The summed E-state index contributed by atoms with van der Waals surface area (Å²) >= 11 is 1.42. The lowest BCUT2D eigenvalue weighted by Gasteiger charge is -1.97. The van der Waals surface area contributed by atoms with Crippen LogP contribution < -0.4 is 0 Å². The van der Waals surface area contributed by atoms with Crippen molar-refractivity contribution >= 4 is 17.1 Å². The molecule has 0 saturated carbocycles. The molecule has 0 bridgehead atoms. The monoisotopic (exact) mass is 235 g/mol. The summed E-state index contributed by atoms with van der Waals surface area (Å²) in [6, 6.07) is 9.74. The first-order chi connectivity index (χ1) is 7.25. The second kappa shape index (κ2) is 5.53. The van der Waals surface area contributed by atoms with Crippen molar-refractivity contribution in [2.75, 3.05) is 0 Å². The van der Waals surface area contributed by atoms with Crippen molar-refractivity contribution in [1.82, 2.24) is 4.98 Å². The maximum atomic E-state index is 11.8. The number of aryl methyl sites for hydroxylation is 1. The molecule has 0 aliphatic rings. The molecule has 2 rings (SSSR count). The number of aromatic nitrogens is 1. The number of hydrogen-bond acceptors (Lipinski definition) is 3. The summed E-state index contributed by atoms with van der Waals surface area (Å²) in [4.78, 5) is 16.0. The zero-order valence-electron chi connectivity index (χ0n) is 8.93. The van der Waals surface area contributed by atoms with Crippen LogP contribution in [0.5, 0.6) is 0 Å². The van der Waals surface area contributed by atoms with Gasteiger partial charge in [-0.1, -0.05) is 30.3 Å². The lowest BCUT2D eigenvalue weighted by atomic mass is 10.1. The standard InChI is InChI=1S/C12H11NOS.H2O/c1-9-8-15-12(13-9)11(14)7-10-5-3-2-4-6-10;/h2-6,8H,7H2,1H3;1H2.